The molecule has 0 bridgehead atoms. The zero-order chi connectivity index (χ0) is 12.8. The maximum atomic E-state index is 6.02. The fraction of sp³-hybridized carbons (Fsp3) is 1.00. The third-order valence-corrected chi connectivity index (χ3v) is 4.10. The highest BCUT2D eigenvalue weighted by Gasteiger charge is 2.33. The van der Waals surface area contributed by atoms with Crippen molar-refractivity contribution in [3.8, 4) is 0 Å². The first kappa shape index (κ1) is 14.3. The topological polar surface area (TPSA) is 33.7 Å². The highest BCUT2D eigenvalue weighted by molar-refractivity contribution is 4.88. The summed E-state index contributed by atoms with van der Waals surface area (Å²) in [6, 6.07) is 0.497. The van der Waals surface area contributed by atoms with Gasteiger partial charge >= 0.3 is 0 Å². The molecule has 106 valence electrons. The summed E-state index contributed by atoms with van der Waals surface area (Å²) < 4.78 is 11.5. The second-order valence-corrected chi connectivity index (χ2v) is 5.60. The summed E-state index contributed by atoms with van der Waals surface area (Å²) in [7, 11) is 2.19. The summed E-state index contributed by atoms with van der Waals surface area (Å²) in [6.45, 7) is 8.13. The number of morpholine rings is 1. The molecule has 0 spiro atoms. The van der Waals surface area contributed by atoms with Crippen molar-refractivity contribution in [3.63, 3.8) is 0 Å². The van der Waals surface area contributed by atoms with Crippen LogP contribution in [0.2, 0.25) is 0 Å². The minimum atomic E-state index is 0.346. The molecule has 1 N–H and O–H groups in total. The van der Waals surface area contributed by atoms with Gasteiger partial charge in [-0.1, -0.05) is 6.92 Å². The molecule has 0 saturated carbocycles. The molecule has 4 nitrogen and oxygen atoms in total. The number of nitrogens with zero attached hydrogens (tertiary/aromatic N) is 1. The first-order chi connectivity index (χ1) is 8.81. The fourth-order valence-corrected chi connectivity index (χ4v) is 3.02. The molecule has 0 aliphatic carbocycles. The van der Waals surface area contributed by atoms with Crippen molar-refractivity contribution in [3.05, 3.63) is 0 Å². The molecule has 2 heterocycles. The molecule has 2 rings (SSSR count). The number of hydrogen-bond donors (Lipinski definition) is 1. The molecule has 4 heteroatoms. The highest BCUT2D eigenvalue weighted by atomic mass is 16.5. The quantitative estimate of drug-likeness (QED) is 0.799. The van der Waals surface area contributed by atoms with Crippen molar-refractivity contribution in [1.29, 1.82) is 0 Å². The summed E-state index contributed by atoms with van der Waals surface area (Å²) >= 11 is 0. The minimum absolute atomic E-state index is 0.346. The Hall–Kier alpha value is -0.160. The predicted molar refractivity (Wildman–Crippen MR) is 72.9 cm³/mol. The first-order valence-corrected chi connectivity index (χ1v) is 7.42. The van der Waals surface area contributed by atoms with Crippen LogP contribution in [0.4, 0.5) is 0 Å². The Morgan fingerprint density at radius 2 is 2.06 bits per heavy atom. The van der Waals surface area contributed by atoms with Crippen LogP contribution in [0.3, 0.4) is 0 Å². The molecule has 0 aromatic heterocycles. The minimum Gasteiger partial charge on any atom is -0.381 e. The number of likely N-dealkylation sites (N-methyl/N-ethyl adjacent to an activating group) is 1. The first-order valence-electron chi connectivity index (χ1n) is 7.42. The number of nitrogens with one attached hydrogen (secondary N) is 1. The molecule has 2 aliphatic heterocycles. The van der Waals surface area contributed by atoms with E-state index in [1.54, 1.807) is 0 Å². The lowest BCUT2D eigenvalue weighted by atomic mass is 9.87. The van der Waals surface area contributed by atoms with E-state index in [9.17, 15) is 0 Å². The average molecular weight is 256 g/mol. The van der Waals surface area contributed by atoms with E-state index in [0.29, 0.717) is 18.1 Å². The average Bonchev–Trinajstić information content (AvgIpc) is 2.40. The Kier molecular flexibility index (Phi) is 5.89. The van der Waals surface area contributed by atoms with Gasteiger partial charge in [-0.3, -0.25) is 0 Å². The molecule has 0 aromatic carbocycles. The van der Waals surface area contributed by atoms with Gasteiger partial charge in [-0.05, 0) is 38.8 Å². The monoisotopic (exact) mass is 256 g/mol. The highest BCUT2D eigenvalue weighted by Crippen LogP contribution is 2.23. The number of ether oxygens (including phenoxy) is 2. The standard InChI is InChI=1S/C14H28N2O2/c1-3-6-15-14(12-4-8-17-9-5-12)13-11-16(2)7-10-18-13/h12-15H,3-11H2,1-2H3. The van der Waals surface area contributed by atoms with E-state index < -0.39 is 0 Å². The zero-order valence-corrected chi connectivity index (χ0v) is 11.9. The van der Waals surface area contributed by atoms with Gasteiger partial charge in [-0.15, -0.1) is 0 Å². The zero-order valence-electron chi connectivity index (χ0n) is 11.9. The van der Waals surface area contributed by atoms with Gasteiger partial charge in [0.05, 0.1) is 12.7 Å². The molecule has 2 unspecified atom stereocenters. The lowest BCUT2D eigenvalue weighted by molar-refractivity contribution is -0.0611. The lowest BCUT2D eigenvalue weighted by Crippen LogP contribution is -2.55. The van der Waals surface area contributed by atoms with Crippen LogP contribution in [0.1, 0.15) is 26.2 Å². The molecule has 0 amide bonds. The van der Waals surface area contributed by atoms with Crippen LogP contribution in [-0.4, -0.2) is 63.5 Å². The van der Waals surface area contributed by atoms with Crippen LogP contribution in [0, 0.1) is 5.92 Å². The molecular formula is C14H28N2O2. The molecule has 2 aliphatic rings. The van der Waals surface area contributed by atoms with Crippen molar-refractivity contribution < 1.29 is 9.47 Å². The van der Waals surface area contributed by atoms with Crippen LogP contribution >= 0.6 is 0 Å². The van der Waals surface area contributed by atoms with Crippen LogP contribution < -0.4 is 5.32 Å². The molecule has 2 fully saturated rings. The Morgan fingerprint density at radius 1 is 1.28 bits per heavy atom. The van der Waals surface area contributed by atoms with E-state index in [2.05, 4.69) is 24.2 Å². The van der Waals surface area contributed by atoms with E-state index >= 15 is 0 Å². The predicted octanol–water partition coefficient (Wildman–Crippen LogP) is 1.11. The van der Waals surface area contributed by atoms with Crippen molar-refractivity contribution in [2.24, 2.45) is 5.92 Å². The van der Waals surface area contributed by atoms with Gasteiger partial charge in [0.15, 0.2) is 0 Å². The third kappa shape index (κ3) is 3.92. The molecule has 0 radical (unpaired) electrons. The normalized spacial score (nSPS) is 29.3. The largest absolute Gasteiger partial charge is 0.381 e. The Balaban J connectivity index is 1.93. The van der Waals surface area contributed by atoms with Crippen molar-refractivity contribution in [1.82, 2.24) is 10.2 Å². The van der Waals surface area contributed by atoms with Gasteiger partial charge in [0, 0.05) is 32.3 Å². The lowest BCUT2D eigenvalue weighted by Gasteiger charge is -2.40. The van der Waals surface area contributed by atoms with E-state index in [1.165, 1.54) is 19.3 Å². The van der Waals surface area contributed by atoms with Crippen LogP contribution in [0.25, 0.3) is 0 Å². The summed E-state index contributed by atoms with van der Waals surface area (Å²) in [6.07, 6.45) is 3.87. The Morgan fingerprint density at radius 3 is 2.72 bits per heavy atom. The maximum absolute atomic E-state index is 6.02. The van der Waals surface area contributed by atoms with E-state index in [1.807, 2.05) is 0 Å². The SMILES string of the molecule is CCCNC(C1CCOCC1)C1CN(C)CCO1. The molecule has 18 heavy (non-hydrogen) atoms. The number of hydrogen-bond acceptors (Lipinski definition) is 4. The summed E-state index contributed by atoms with van der Waals surface area (Å²) in [5, 5.41) is 3.72. The van der Waals surface area contributed by atoms with Gasteiger partial charge in [0.25, 0.3) is 0 Å². The Labute approximate surface area is 111 Å². The van der Waals surface area contributed by atoms with Crippen molar-refractivity contribution in [2.45, 2.75) is 38.3 Å². The van der Waals surface area contributed by atoms with Crippen molar-refractivity contribution in [2.75, 3.05) is 46.5 Å². The van der Waals surface area contributed by atoms with E-state index in [0.717, 1.165) is 39.5 Å². The molecular weight excluding hydrogens is 228 g/mol. The molecule has 2 atom stereocenters. The van der Waals surface area contributed by atoms with Gasteiger partial charge in [0.2, 0.25) is 0 Å². The second-order valence-electron chi connectivity index (χ2n) is 5.60. The number of rotatable bonds is 5. The smallest absolute Gasteiger partial charge is 0.0857 e. The maximum Gasteiger partial charge on any atom is 0.0857 e. The Bertz CT molecular complexity index is 232. The van der Waals surface area contributed by atoms with Gasteiger partial charge in [-0.25, -0.2) is 0 Å². The van der Waals surface area contributed by atoms with E-state index in [-0.39, 0.29) is 0 Å². The fourth-order valence-electron chi connectivity index (χ4n) is 3.02. The van der Waals surface area contributed by atoms with Gasteiger partial charge in [0.1, 0.15) is 0 Å². The van der Waals surface area contributed by atoms with Crippen LogP contribution in [0.5, 0.6) is 0 Å². The summed E-state index contributed by atoms with van der Waals surface area (Å²) in [4.78, 5) is 2.38. The van der Waals surface area contributed by atoms with Crippen LogP contribution in [0.15, 0.2) is 0 Å². The summed E-state index contributed by atoms with van der Waals surface area (Å²) in [5.74, 6) is 0.710. The van der Waals surface area contributed by atoms with E-state index in [4.69, 9.17) is 9.47 Å². The van der Waals surface area contributed by atoms with Crippen LogP contribution in [-0.2, 0) is 9.47 Å². The molecule has 2 saturated heterocycles. The van der Waals surface area contributed by atoms with Gasteiger partial charge in [-0.2, -0.15) is 0 Å². The van der Waals surface area contributed by atoms with Crippen molar-refractivity contribution >= 4 is 0 Å². The molecule has 0 aromatic rings. The second kappa shape index (κ2) is 7.43. The van der Waals surface area contributed by atoms with Gasteiger partial charge < -0.3 is 19.7 Å². The summed E-state index contributed by atoms with van der Waals surface area (Å²) in [5.41, 5.74) is 0. The third-order valence-electron chi connectivity index (χ3n) is 4.10.